The summed E-state index contributed by atoms with van der Waals surface area (Å²) < 4.78 is 54.4. The lowest BCUT2D eigenvalue weighted by Gasteiger charge is -2.56. The Kier molecular flexibility index (Phi) is 13.8. The minimum absolute atomic E-state index is 0.0522. The predicted molar refractivity (Wildman–Crippen MR) is 210 cm³/mol. The van der Waals surface area contributed by atoms with E-state index in [1.54, 1.807) is 12.1 Å². The highest BCUT2D eigenvalue weighted by Gasteiger charge is 2.64. The van der Waals surface area contributed by atoms with Gasteiger partial charge in [0.25, 0.3) is 0 Å². The van der Waals surface area contributed by atoms with Crippen LogP contribution in [0.3, 0.4) is 0 Å². The molecule has 0 unspecified atom stereocenters. The first-order valence-corrected chi connectivity index (χ1v) is 19.0. The third kappa shape index (κ3) is 9.02. The number of halogens is 2. The van der Waals surface area contributed by atoms with E-state index in [1.165, 1.54) is 13.2 Å². The van der Waals surface area contributed by atoms with Gasteiger partial charge in [-0.3, -0.25) is 0 Å². The largest absolute Gasteiger partial charge is 0.491 e. The summed E-state index contributed by atoms with van der Waals surface area (Å²) >= 11 is 11.6. The Morgan fingerprint density at radius 2 is 1.31 bits per heavy atom. The summed E-state index contributed by atoms with van der Waals surface area (Å²) in [5, 5.41) is 11.8. The normalized spacial score (nSPS) is 22.6. The molecule has 0 aliphatic carbocycles. The van der Waals surface area contributed by atoms with Crippen molar-refractivity contribution in [3.63, 3.8) is 0 Å². The van der Waals surface area contributed by atoms with Crippen LogP contribution in [0.25, 0.3) is 0 Å². The summed E-state index contributed by atoms with van der Waals surface area (Å²) in [7, 11) is 1.54. The van der Waals surface area contributed by atoms with Crippen LogP contribution in [-0.4, -0.2) is 55.1 Å². The summed E-state index contributed by atoms with van der Waals surface area (Å²) in [6, 6.07) is 39.7. The Morgan fingerprint density at radius 1 is 0.741 bits per heavy atom. The number of aliphatic hydroxyl groups excluding tert-OH is 1. The van der Waals surface area contributed by atoms with Crippen molar-refractivity contribution in [2.24, 2.45) is 0 Å². The average molecular weight is 773 g/mol. The maximum absolute atomic E-state index is 14.9. The van der Waals surface area contributed by atoms with Gasteiger partial charge in [0, 0.05) is 23.4 Å². The number of aliphatic hydroxyl groups is 1. The highest BCUT2D eigenvalue weighted by Crippen LogP contribution is 2.48. The van der Waals surface area contributed by atoms with E-state index in [0.29, 0.717) is 34.7 Å². The summed E-state index contributed by atoms with van der Waals surface area (Å²) in [6.45, 7) is 2.31. The maximum atomic E-state index is 14.9. The highest BCUT2D eigenvalue weighted by atomic mass is 35.5. The van der Waals surface area contributed by atoms with E-state index in [0.717, 1.165) is 16.7 Å². The van der Waals surface area contributed by atoms with Crippen molar-refractivity contribution in [2.75, 3.05) is 26.1 Å². The Bertz CT molecular complexity index is 1920. The van der Waals surface area contributed by atoms with Crippen LogP contribution in [0.15, 0.2) is 127 Å². The topological polar surface area (TPSA) is 75.6 Å². The van der Waals surface area contributed by atoms with Crippen LogP contribution in [0.2, 0.25) is 5.02 Å². The first-order chi connectivity index (χ1) is 26.3. The number of hydrogen-bond acceptors (Lipinski definition) is 8. The van der Waals surface area contributed by atoms with Gasteiger partial charge >= 0.3 is 0 Å². The number of hydrogen-bond donors (Lipinski definition) is 2. The molecule has 54 heavy (non-hydrogen) atoms. The lowest BCUT2D eigenvalue weighted by Crippen LogP contribution is -2.72. The van der Waals surface area contributed by atoms with E-state index in [-0.39, 0.29) is 31.3 Å². The summed E-state index contributed by atoms with van der Waals surface area (Å²) in [4.78, 5) is 0. The molecule has 0 saturated carbocycles. The standard InChI is InChI=1S/C44H46ClFO7S/c1-3-49-39-22-19-34(24-38(39)46)23-35-25-36(20-21-37(35)45)44(48-2)42(52-28-33-17-11-6-12-18-33)40(50-26-31-13-7-4-8-14-31)41(43(29-47,30-54)53-44)51-27-32-15-9-5-10-16-32/h4-22,24-25,40-42,47,54H,3,23,26-30H2,1-2H3/t40-,41-,42+,43-,44-/m0/s1. The van der Waals surface area contributed by atoms with E-state index in [1.807, 2.05) is 116 Å². The third-order valence-corrected chi connectivity index (χ3v) is 10.6. The molecule has 1 fully saturated rings. The molecule has 1 N–H and O–H groups in total. The average Bonchev–Trinajstić information content (AvgIpc) is 3.21. The Morgan fingerprint density at radius 3 is 1.83 bits per heavy atom. The number of thiol groups is 1. The smallest absolute Gasteiger partial charge is 0.225 e. The minimum atomic E-state index is -1.67. The quantitative estimate of drug-likeness (QED) is 0.0917. The monoisotopic (exact) mass is 772 g/mol. The van der Waals surface area contributed by atoms with Gasteiger partial charge in [-0.25, -0.2) is 4.39 Å². The Balaban J connectivity index is 1.46. The molecule has 5 aromatic carbocycles. The maximum Gasteiger partial charge on any atom is 0.225 e. The molecule has 0 bridgehead atoms. The summed E-state index contributed by atoms with van der Waals surface area (Å²) in [5.41, 5.74) is 3.32. The van der Waals surface area contributed by atoms with Crippen molar-refractivity contribution in [1.29, 1.82) is 0 Å². The first-order valence-electron chi connectivity index (χ1n) is 18.0. The fourth-order valence-corrected chi connectivity index (χ4v) is 7.40. The SMILES string of the molecule is CCOc1ccc(Cc2cc([C@]3(OC)O[C@@](CO)(CS)[C@@H](OCc4ccccc4)[C@H](OCc4ccccc4)[C@H]3OCc3ccccc3)ccc2Cl)cc1F. The highest BCUT2D eigenvalue weighted by molar-refractivity contribution is 7.80. The van der Waals surface area contributed by atoms with Gasteiger partial charge in [0.05, 0.1) is 33.0 Å². The van der Waals surface area contributed by atoms with Gasteiger partial charge in [-0.1, -0.05) is 115 Å². The number of benzene rings is 5. The molecule has 0 spiro atoms. The molecule has 0 amide bonds. The first kappa shape index (κ1) is 39.9. The van der Waals surface area contributed by atoms with Gasteiger partial charge in [0.15, 0.2) is 11.6 Å². The van der Waals surface area contributed by atoms with Crippen LogP contribution in [0.5, 0.6) is 5.75 Å². The molecule has 0 radical (unpaired) electrons. The molecule has 1 aliphatic heterocycles. The lowest BCUT2D eigenvalue weighted by molar-refractivity contribution is -0.408. The van der Waals surface area contributed by atoms with Gasteiger partial charge in [-0.15, -0.1) is 0 Å². The van der Waals surface area contributed by atoms with Crippen LogP contribution in [-0.2, 0) is 55.7 Å². The van der Waals surface area contributed by atoms with Gasteiger partial charge in [0.2, 0.25) is 5.79 Å². The molecule has 5 aromatic rings. The zero-order valence-electron chi connectivity index (χ0n) is 30.4. The number of ether oxygens (including phenoxy) is 6. The molecule has 7 nitrogen and oxygen atoms in total. The van der Waals surface area contributed by atoms with E-state index in [4.69, 9.17) is 52.7 Å². The zero-order valence-corrected chi connectivity index (χ0v) is 32.1. The van der Waals surface area contributed by atoms with Gasteiger partial charge in [-0.2, -0.15) is 12.6 Å². The fourth-order valence-electron chi connectivity index (χ4n) is 6.87. The van der Waals surface area contributed by atoms with Crippen molar-refractivity contribution < 1.29 is 37.9 Å². The van der Waals surface area contributed by atoms with Crippen LogP contribution in [0.4, 0.5) is 4.39 Å². The summed E-state index contributed by atoms with van der Waals surface area (Å²) in [6.07, 6.45) is -2.37. The molecule has 1 aliphatic rings. The summed E-state index contributed by atoms with van der Waals surface area (Å²) in [5.74, 6) is -1.89. The van der Waals surface area contributed by atoms with Crippen molar-refractivity contribution in [2.45, 2.75) is 62.9 Å². The lowest BCUT2D eigenvalue weighted by atomic mass is 9.81. The minimum Gasteiger partial charge on any atom is -0.491 e. The Hall–Kier alpha value is -3.77. The van der Waals surface area contributed by atoms with E-state index < -0.39 is 42.1 Å². The number of rotatable bonds is 17. The fraction of sp³-hybridized carbons (Fsp3) is 0.318. The van der Waals surface area contributed by atoms with E-state index in [9.17, 15) is 9.50 Å². The second-order valence-corrected chi connectivity index (χ2v) is 14.0. The molecule has 5 atom stereocenters. The van der Waals surface area contributed by atoms with Crippen molar-refractivity contribution >= 4 is 24.2 Å². The molecular formula is C44H46ClFO7S. The van der Waals surface area contributed by atoms with Crippen LogP contribution < -0.4 is 4.74 Å². The van der Waals surface area contributed by atoms with Gasteiger partial charge in [0.1, 0.15) is 23.9 Å². The van der Waals surface area contributed by atoms with Crippen LogP contribution >= 0.6 is 24.2 Å². The van der Waals surface area contributed by atoms with Gasteiger partial charge < -0.3 is 33.5 Å². The second kappa shape index (κ2) is 18.7. The Labute approximate surface area is 327 Å². The molecule has 6 rings (SSSR count). The molecule has 1 heterocycles. The van der Waals surface area contributed by atoms with Crippen molar-refractivity contribution in [3.05, 3.63) is 172 Å². The van der Waals surface area contributed by atoms with E-state index >= 15 is 0 Å². The van der Waals surface area contributed by atoms with E-state index in [2.05, 4.69) is 0 Å². The predicted octanol–water partition coefficient (Wildman–Crippen LogP) is 8.72. The molecular weight excluding hydrogens is 727 g/mol. The van der Waals surface area contributed by atoms with Crippen molar-refractivity contribution in [3.8, 4) is 5.75 Å². The van der Waals surface area contributed by atoms with Crippen LogP contribution in [0.1, 0.15) is 40.3 Å². The van der Waals surface area contributed by atoms with Crippen LogP contribution in [0, 0.1) is 5.82 Å². The molecule has 284 valence electrons. The molecule has 10 heteroatoms. The zero-order chi connectivity index (χ0) is 38.0. The third-order valence-electron chi connectivity index (χ3n) is 9.65. The van der Waals surface area contributed by atoms with Crippen molar-refractivity contribution in [1.82, 2.24) is 0 Å². The second-order valence-electron chi connectivity index (χ2n) is 13.2. The van der Waals surface area contributed by atoms with Gasteiger partial charge in [-0.05, 0) is 65.4 Å². The molecule has 1 saturated heterocycles. The number of methoxy groups -OCH3 is 1. The molecule has 0 aromatic heterocycles.